The van der Waals surface area contributed by atoms with Gasteiger partial charge in [-0.05, 0) is 43.2 Å². The maximum absolute atomic E-state index is 6.23. The molecule has 20 heavy (non-hydrogen) atoms. The molecule has 4 nitrogen and oxygen atoms in total. The van der Waals surface area contributed by atoms with E-state index in [0.717, 1.165) is 22.4 Å². The second-order valence-corrected chi connectivity index (χ2v) is 5.08. The number of aromatic nitrogens is 1. The molecule has 106 valence electrons. The Morgan fingerprint density at radius 1 is 1.35 bits per heavy atom. The van der Waals surface area contributed by atoms with Crippen molar-refractivity contribution in [3.8, 4) is 5.75 Å². The van der Waals surface area contributed by atoms with Crippen molar-refractivity contribution in [2.24, 2.45) is 5.84 Å². The van der Waals surface area contributed by atoms with Crippen LogP contribution in [-0.4, -0.2) is 12.1 Å². The lowest BCUT2D eigenvalue weighted by molar-refractivity contribution is 0.402. The average molecular weight is 292 g/mol. The first-order valence-electron chi connectivity index (χ1n) is 6.30. The molecule has 0 fully saturated rings. The lowest BCUT2D eigenvalue weighted by Crippen LogP contribution is -2.30. The molecule has 1 unspecified atom stereocenters. The molecule has 3 N–H and O–H groups in total. The third-order valence-corrected chi connectivity index (χ3v) is 3.55. The van der Waals surface area contributed by atoms with Crippen molar-refractivity contribution in [3.05, 3.63) is 57.9 Å². The Morgan fingerprint density at radius 3 is 2.70 bits per heavy atom. The van der Waals surface area contributed by atoms with E-state index in [1.165, 1.54) is 0 Å². The number of hydrazine groups is 1. The van der Waals surface area contributed by atoms with Crippen molar-refractivity contribution < 1.29 is 4.74 Å². The van der Waals surface area contributed by atoms with Crippen molar-refractivity contribution in [2.75, 3.05) is 7.11 Å². The van der Waals surface area contributed by atoms with Gasteiger partial charge >= 0.3 is 0 Å². The van der Waals surface area contributed by atoms with Gasteiger partial charge in [-0.3, -0.25) is 10.8 Å². The number of hydrogen-bond acceptors (Lipinski definition) is 4. The summed E-state index contributed by atoms with van der Waals surface area (Å²) >= 11 is 6.23. The first-order valence-corrected chi connectivity index (χ1v) is 6.68. The summed E-state index contributed by atoms with van der Waals surface area (Å²) in [6, 6.07) is 7.32. The number of rotatable bonds is 4. The van der Waals surface area contributed by atoms with E-state index in [9.17, 15) is 0 Å². The van der Waals surface area contributed by atoms with Crippen LogP contribution in [0.15, 0.2) is 30.5 Å². The quantitative estimate of drug-likeness (QED) is 0.672. The van der Waals surface area contributed by atoms with Gasteiger partial charge in [0.05, 0.1) is 23.9 Å². The van der Waals surface area contributed by atoms with E-state index < -0.39 is 0 Å². The molecule has 1 aromatic carbocycles. The second kappa shape index (κ2) is 6.22. The third kappa shape index (κ3) is 2.77. The maximum atomic E-state index is 6.23. The average Bonchev–Trinajstić information content (AvgIpc) is 2.43. The van der Waals surface area contributed by atoms with E-state index in [4.69, 9.17) is 22.2 Å². The Bertz CT molecular complexity index is 616. The number of aryl methyl sites for hydroxylation is 2. The summed E-state index contributed by atoms with van der Waals surface area (Å²) < 4.78 is 5.48. The minimum Gasteiger partial charge on any atom is -0.496 e. The Morgan fingerprint density at radius 2 is 2.10 bits per heavy atom. The van der Waals surface area contributed by atoms with Crippen LogP contribution in [0, 0.1) is 13.8 Å². The van der Waals surface area contributed by atoms with E-state index in [2.05, 4.69) is 16.5 Å². The van der Waals surface area contributed by atoms with E-state index in [0.29, 0.717) is 10.7 Å². The minimum atomic E-state index is -0.320. The second-order valence-electron chi connectivity index (χ2n) is 4.67. The molecule has 1 aromatic heterocycles. The van der Waals surface area contributed by atoms with Crippen LogP contribution >= 0.6 is 11.6 Å². The molecule has 0 aliphatic carbocycles. The molecular formula is C15H18ClN3O. The molecule has 1 heterocycles. The summed E-state index contributed by atoms with van der Waals surface area (Å²) in [4.78, 5) is 4.33. The summed E-state index contributed by atoms with van der Waals surface area (Å²) in [6.07, 6.45) is 1.70. The predicted octanol–water partition coefficient (Wildman–Crippen LogP) is 2.91. The molecule has 0 amide bonds. The van der Waals surface area contributed by atoms with Gasteiger partial charge in [-0.2, -0.15) is 0 Å². The van der Waals surface area contributed by atoms with Crippen LogP contribution in [0.25, 0.3) is 0 Å². The monoisotopic (exact) mass is 291 g/mol. The number of hydrogen-bond donors (Lipinski definition) is 2. The molecule has 0 aliphatic heterocycles. The largest absolute Gasteiger partial charge is 0.496 e. The van der Waals surface area contributed by atoms with Crippen molar-refractivity contribution in [1.29, 1.82) is 0 Å². The summed E-state index contributed by atoms with van der Waals surface area (Å²) in [5.41, 5.74) is 6.62. The topological polar surface area (TPSA) is 60.2 Å². The van der Waals surface area contributed by atoms with Crippen LogP contribution in [0.4, 0.5) is 0 Å². The first kappa shape index (κ1) is 14.8. The van der Waals surface area contributed by atoms with E-state index in [-0.39, 0.29) is 6.04 Å². The van der Waals surface area contributed by atoms with Gasteiger partial charge in [0.1, 0.15) is 5.75 Å². The van der Waals surface area contributed by atoms with Crippen LogP contribution < -0.4 is 16.0 Å². The van der Waals surface area contributed by atoms with E-state index in [1.54, 1.807) is 25.4 Å². The highest BCUT2D eigenvalue weighted by Crippen LogP contribution is 2.34. The van der Waals surface area contributed by atoms with Gasteiger partial charge in [-0.15, -0.1) is 0 Å². The van der Waals surface area contributed by atoms with Crippen molar-refractivity contribution in [2.45, 2.75) is 19.9 Å². The molecule has 0 spiro atoms. The molecule has 0 saturated heterocycles. The van der Waals surface area contributed by atoms with Crippen LogP contribution in [0.3, 0.4) is 0 Å². The fraction of sp³-hybridized carbons (Fsp3) is 0.267. The highest BCUT2D eigenvalue weighted by Gasteiger charge is 2.22. The first-order chi connectivity index (χ1) is 9.58. The SMILES string of the molecule is COc1cc(C)cc(C)c1C(NN)c1ncccc1Cl. The Hall–Kier alpha value is -1.62. The molecular weight excluding hydrogens is 274 g/mol. The van der Waals surface area contributed by atoms with Gasteiger partial charge in [-0.1, -0.05) is 17.7 Å². The Kier molecular flexibility index (Phi) is 4.60. The van der Waals surface area contributed by atoms with Crippen LogP contribution in [-0.2, 0) is 0 Å². The zero-order valence-electron chi connectivity index (χ0n) is 11.8. The molecule has 1 atom stereocenters. The number of pyridine rings is 1. The standard InChI is InChI=1S/C15H18ClN3O/c1-9-7-10(2)13(12(8-9)20-3)15(19-17)14-11(16)5-4-6-18-14/h4-8,15,19H,17H2,1-3H3. The van der Waals surface area contributed by atoms with Crippen LogP contribution in [0.2, 0.25) is 5.02 Å². The Labute approximate surface area is 123 Å². The zero-order valence-corrected chi connectivity index (χ0v) is 12.5. The highest BCUT2D eigenvalue weighted by molar-refractivity contribution is 6.31. The predicted molar refractivity (Wildman–Crippen MR) is 80.9 cm³/mol. The summed E-state index contributed by atoms with van der Waals surface area (Å²) in [7, 11) is 1.64. The molecule has 0 radical (unpaired) electrons. The van der Waals surface area contributed by atoms with Crippen molar-refractivity contribution >= 4 is 11.6 Å². The number of nitrogens with two attached hydrogens (primary N) is 1. The van der Waals surface area contributed by atoms with Crippen molar-refractivity contribution in [3.63, 3.8) is 0 Å². The minimum absolute atomic E-state index is 0.320. The maximum Gasteiger partial charge on any atom is 0.124 e. The van der Waals surface area contributed by atoms with Gasteiger partial charge in [0.15, 0.2) is 0 Å². The smallest absolute Gasteiger partial charge is 0.124 e. The highest BCUT2D eigenvalue weighted by atomic mass is 35.5. The lowest BCUT2D eigenvalue weighted by atomic mass is 9.95. The fourth-order valence-electron chi connectivity index (χ4n) is 2.39. The summed E-state index contributed by atoms with van der Waals surface area (Å²) in [6.45, 7) is 4.05. The number of halogens is 1. The van der Waals surface area contributed by atoms with Gasteiger partial charge in [-0.25, -0.2) is 5.43 Å². The normalized spacial score (nSPS) is 12.2. The van der Waals surface area contributed by atoms with Crippen LogP contribution in [0.1, 0.15) is 28.4 Å². The summed E-state index contributed by atoms with van der Waals surface area (Å²) in [5, 5.41) is 0.567. The molecule has 0 saturated carbocycles. The molecule has 2 aromatic rings. The van der Waals surface area contributed by atoms with Gasteiger partial charge in [0.25, 0.3) is 0 Å². The number of benzene rings is 1. The molecule has 0 aliphatic rings. The Balaban J connectivity index is 2.61. The number of ether oxygens (including phenoxy) is 1. The van der Waals surface area contributed by atoms with E-state index in [1.807, 2.05) is 19.9 Å². The number of nitrogens with zero attached hydrogens (tertiary/aromatic N) is 1. The van der Waals surface area contributed by atoms with Gasteiger partial charge in [0.2, 0.25) is 0 Å². The number of methoxy groups -OCH3 is 1. The molecule has 5 heteroatoms. The van der Waals surface area contributed by atoms with Gasteiger partial charge < -0.3 is 4.74 Å². The molecule has 2 rings (SSSR count). The number of nitrogens with one attached hydrogen (secondary N) is 1. The fourth-order valence-corrected chi connectivity index (χ4v) is 2.62. The summed E-state index contributed by atoms with van der Waals surface area (Å²) in [5.74, 6) is 6.50. The van der Waals surface area contributed by atoms with Crippen LogP contribution in [0.5, 0.6) is 5.75 Å². The zero-order chi connectivity index (χ0) is 14.7. The van der Waals surface area contributed by atoms with Gasteiger partial charge in [0, 0.05) is 11.8 Å². The molecule has 0 bridgehead atoms. The third-order valence-electron chi connectivity index (χ3n) is 3.23. The van der Waals surface area contributed by atoms with E-state index >= 15 is 0 Å². The lowest BCUT2D eigenvalue weighted by Gasteiger charge is -2.22. The van der Waals surface area contributed by atoms with Crippen molar-refractivity contribution in [1.82, 2.24) is 10.4 Å².